The Morgan fingerprint density at radius 2 is 1.61 bits per heavy atom. The van der Waals surface area contributed by atoms with Crippen LogP contribution in [-0.4, -0.2) is 53.7 Å². The molecule has 0 bridgehead atoms. The topological polar surface area (TPSA) is 75.4 Å². The van der Waals surface area contributed by atoms with Gasteiger partial charge in [0.1, 0.15) is 0 Å². The van der Waals surface area contributed by atoms with Crippen LogP contribution in [0.4, 0.5) is 0 Å². The van der Waals surface area contributed by atoms with Crippen molar-refractivity contribution in [3.8, 4) is 11.4 Å². The Bertz CT molecular complexity index is 1090. The van der Waals surface area contributed by atoms with Crippen molar-refractivity contribution in [2.24, 2.45) is 0 Å². The highest BCUT2D eigenvalue weighted by Crippen LogP contribution is 2.15. The summed E-state index contributed by atoms with van der Waals surface area (Å²) < 4.78 is 29.4. The number of sulfonamides is 1. The first kappa shape index (κ1) is 19.0. The van der Waals surface area contributed by atoms with Crippen LogP contribution in [0.3, 0.4) is 0 Å². The van der Waals surface area contributed by atoms with Gasteiger partial charge in [-0.05, 0) is 24.4 Å². The summed E-state index contributed by atoms with van der Waals surface area (Å²) in [6.07, 6.45) is 0. The lowest BCUT2D eigenvalue weighted by atomic mass is 10.2. The largest absolute Gasteiger partial charge is 0.314 e. The average molecular weight is 417 g/mol. The van der Waals surface area contributed by atoms with Crippen molar-refractivity contribution in [2.75, 3.05) is 26.2 Å². The highest BCUT2D eigenvalue weighted by atomic mass is 32.2. The van der Waals surface area contributed by atoms with Gasteiger partial charge in [-0.25, -0.2) is 13.1 Å². The molecule has 3 aromatic rings. The predicted molar refractivity (Wildman–Crippen MR) is 109 cm³/mol. The first-order chi connectivity index (χ1) is 13.5. The van der Waals surface area contributed by atoms with Crippen molar-refractivity contribution in [3.05, 3.63) is 65.4 Å². The lowest BCUT2D eigenvalue weighted by molar-refractivity contribution is -0.926. The Morgan fingerprint density at radius 3 is 2.25 bits per heavy atom. The standard InChI is InChI=1S/C19H21N5O2S2/c25-28(26,17-9-5-2-6-10-17)23-13-11-22(12-14-23)15-24-19(27)20-18(21-24)16-7-3-1-4-8-16/h1-10H,11-15H2,(H,20,21,27)/p+1. The van der Waals surface area contributed by atoms with E-state index in [0.29, 0.717) is 42.5 Å². The maximum atomic E-state index is 12.7. The maximum Gasteiger partial charge on any atom is 0.243 e. The lowest BCUT2D eigenvalue weighted by Crippen LogP contribution is -3.14. The number of quaternary nitrogens is 1. The van der Waals surface area contributed by atoms with E-state index < -0.39 is 10.0 Å². The Balaban J connectivity index is 1.42. The molecular formula is C19H22N5O2S2+. The van der Waals surface area contributed by atoms with E-state index in [0.717, 1.165) is 11.4 Å². The zero-order valence-corrected chi connectivity index (χ0v) is 16.9. The SMILES string of the molecule is O=S(=O)(c1ccccc1)N1CC[NH+](Cn2[nH]c(-c3ccccc3)nc2=S)CC1. The van der Waals surface area contributed by atoms with Crippen LogP contribution in [0.1, 0.15) is 0 Å². The first-order valence-corrected chi connectivity index (χ1v) is 11.0. The van der Waals surface area contributed by atoms with E-state index in [2.05, 4.69) is 10.1 Å². The van der Waals surface area contributed by atoms with Gasteiger partial charge >= 0.3 is 0 Å². The number of nitrogens with one attached hydrogen (secondary N) is 2. The molecule has 0 aliphatic carbocycles. The van der Waals surface area contributed by atoms with Crippen LogP contribution in [0.2, 0.25) is 0 Å². The molecular weight excluding hydrogens is 394 g/mol. The molecule has 2 heterocycles. The number of nitrogens with zero attached hydrogens (tertiary/aromatic N) is 3. The van der Waals surface area contributed by atoms with Gasteiger partial charge in [0.05, 0.1) is 31.1 Å². The average Bonchev–Trinajstić information content (AvgIpc) is 3.10. The lowest BCUT2D eigenvalue weighted by Gasteiger charge is -2.31. The van der Waals surface area contributed by atoms with Crippen molar-refractivity contribution in [3.63, 3.8) is 0 Å². The molecule has 2 aromatic carbocycles. The molecule has 7 nitrogen and oxygen atoms in total. The molecule has 1 aliphatic heterocycles. The van der Waals surface area contributed by atoms with E-state index >= 15 is 0 Å². The minimum absolute atomic E-state index is 0.349. The van der Waals surface area contributed by atoms with Gasteiger partial charge in [0, 0.05) is 5.56 Å². The van der Waals surface area contributed by atoms with Gasteiger partial charge in [-0.3, -0.25) is 5.10 Å². The smallest absolute Gasteiger partial charge is 0.243 e. The van der Waals surface area contributed by atoms with E-state index in [4.69, 9.17) is 12.2 Å². The minimum Gasteiger partial charge on any atom is -0.314 e. The number of aromatic amines is 1. The summed E-state index contributed by atoms with van der Waals surface area (Å²) in [5, 5.41) is 3.26. The van der Waals surface area contributed by atoms with Crippen molar-refractivity contribution < 1.29 is 13.3 Å². The van der Waals surface area contributed by atoms with Crippen LogP contribution in [0.25, 0.3) is 11.4 Å². The number of H-pyrrole nitrogens is 1. The molecule has 0 atom stereocenters. The third-order valence-corrected chi connectivity index (χ3v) is 7.14. The van der Waals surface area contributed by atoms with E-state index in [1.54, 1.807) is 28.6 Å². The molecule has 4 rings (SSSR count). The van der Waals surface area contributed by atoms with E-state index in [9.17, 15) is 8.42 Å². The van der Waals surface area contributed by atoms with E-state index in [1.807, 2.05) is 41.1 Å². The molecule has 1 aliphatic rings. The second kappa shape index (κ2) is 7.96. The normalized spacial score (nSPS) is 16.3. The van der Waals surface area contributed by atoms with Crippen molar-refractivity contribution in [2.45, 2.75) is 11.6 Å². The first-order valence-electron chi connectivity index (χ1n) is 9.15. The van der Waals surface area contributed by atoms with Crippen LogP contribution >= 0.6 is 12.2 Å². The van der Waals surface area contributed by atoms with Crippen LogP contribution in [0, 0.1) is 4.77 Å². The molecule has 0 saturated carbocycles. The molecule has 1 saturated heterocycles. The monoisotopic (exact) mass is 416 g/mol. The zero-order valence-electron chi connectivity index (χ0n) is 15.3. The van der Waals surface area contributed by atoms with Gasteiger partial charge in [0.15, 0.2) is 12.5 Å². The summed E-state index contributed by atoms with van der Waals surface area (Å²) in [4.78, 5) is 6.05. The summed E-state index contributed by atoms with van der Waals surface area (Å²) >= 11 is 5.39. The van der Waals surface area contributed by atoms with E-state index in [-0.39, 0.29) is 0 Å². The third-order valence-electron chi connectivity index (χ3n) is 4.92. The number of aromatic nitrogens is 3. The molecule has 9 heteroatoms. The Labute approximate surface area is 169 Å². The summed E-state index contributed by atoms with van der Waals surface area (Å²) in [5.74, 6) is 0.746. The number of hydrogen-bond donors (Lipinski definition) is 2. The van der Waals surface area contributed by atoms with Crippen molar-refractivity contribution in [1.82, 2.24) is 19.1 Å². The summed E-state index contributed by atoms with van der Waals surface area (Å²) in [6.45, 7) is 3.04. The quantitative estimate of drug-likeness (QED) is 0.612. The fourth-order valence-electron chi connectivity index (χ4n) is 3.35. The van der Waals surface area contributed by atoms with Crippen LogP contribution in [-0.2, 0) is 16.7 Å². The van der Waals surface area contributed by atoms with Gasteiger partial charge in [-0.15, -0.1) is 0 Å². The summed E-state index contributed by atoms with van der Waals surface area (Å²) in [5.41, 5.74) is 0.987. The summed E-state index contributed by atoms with van der Waals surface area (Å²) in [6, 6.07) is 18.5. The van der Waals surface area contributed by atoms with Gasteiger partial charge in [0.2, 0.25) is 14.8 Å². The Morgan fingerprint density at radius 1 is 1.00 bits per heavy atom. The molecule has 2 N–H and O–H groups in total. The maximum absolute atomic E-state index is 12.7. The van der Waals surface area contributed by atoms with Gasteiger partial charge < -0.3 is 4.90 Å². The third kappa shape index (κ3) is 3.93. The highest BCUT2D eigenvalue weighted by Gasteiger charge is 2.30. The molecule has 0 amide bonds. The Kier molecular flexibility index (Phi) is 5.40. The van der Waals surface area contributed by atoms with Gasteiger partial charge in [-0.2, -0.15) is 9.29 Å². The predicted octanol–water partition coefficient (Wildman–Crippen LogP) is 1.15. The van der Waals surface area contributed by atoms with Crippen molar-refractivity contribution >= 4 is 22.2 Å². The second-order valence-corrected chi connectivity index (χ2v) is 9.08. The molecule has 1 fully saturated rings. The molecule has 28 heavy (non-hydrogen) atoms. The second-order valence-electron chi connectivity index (χ2n) is 6.77. The number of benzene rings is 2. The zero-order chi connectivity index (χ0) is 19.6. The molecule has 1 aromatic heterocycles. The van der Waals surface area contributed by atoms with Crippen LogP contribution in [0.5, 0.6) is 0 Å². The molecule has 0 radical (unpaired) electrons. The Hall–Kier alpha value is -2.33. The van der Waals surface area contributed by atoms with Gasteiger partial charge in [0.25, 0.3) is 0 Å². The van der Waals surface area contributed by atoms with E-state index in [1.165, 1.54) is 4.90 Å². The van der Waals surface area contributed by atoms with Crippen molar-refractivity contribution in [1.29, 1.82) is 0 Å². The number of hydrogen-bond acceptors (Lipinski definition) is 4. The fraction of sp³-hybridized carbons (Fsp3) is 0.263. The summed E-state index contributed by atoms with van der Waals surface area (Å²) in [7, 11) is -3.43. The number of rotatable bonds is 5. The highest BCUT2D eigenvalue weighted by molar-refractivity contribution is 7.89. The van der Waals surface area contributed by atoms with Crippen LogP contribution in [0.15, 0.2) is 65.6 Å². The minimum atomic E-state index is -3.43. The number of piperazine rings is 1. The van der Waals surface area contributed by atoms with Crippen LogP contribution < -0.4 is 4.90 Å². The molecule has 0 spiro atoms. The van der Waals surface area contributed by atoms with Gasteiger partial charge in [-0.1, -0.05) is 48.5 Å². The molecule has 146 valence electrons. The fourth-order valence-corrected chi connectivity index (χ4v) is 5.02. The molecule has 0 unspecified atom stereocenters.